The number of alkyl halides is 3. The molecule has 0 aromatic heterocycles. The predicted octanol–water partition coefficient (Wildman–Crippen LogP) is 1.88. The van der Waals surface area contributed by atoms with E-state index in [0.717, 1.165) is 0 Å². The van der Waals surface area contributed by atoms with Crippen molar-refractivity contribution in [2.24, 2.45) is 0 Å². The van der Waals surface area contributed by atoms with E-state index < -0.39 is 12.8 Å². The maximum atomic E-state index is 10.9. The lowest BCUT2D eigenvalue weighted by Gasteiger charge is -1.99. The van der Waals surface area contributed by atoms with Crippen molar-refractivity contribution in [1.82, 2.24) is 0 Å². The minimum atomic E-state index is -4.22. The molecule has 0 amide bonds. The largest absolute Gasteiger partial charge is 0.412 e. The van der Waals surface area contributed by atoms with Gasteiger partial charge in [-0.2, -0.15) is 13.2 Å². The van der Waals surface area contributed by atoms with Crippen LogP contribution in [0.2, 0.25) is 0 Å². The van der Waals surface area contributed by atoms with E-state index in [1.165, 1.54) is 0 Å². The molecule has 0 heterocycles. The van der Waals surface area contributed by atoms with E-state index in [2.05, 4.69) is 20.1 Å². The second kappa shape index (κ2) is 2.52. The molecule has 44 valence electrons. The Kier molecular flexibility index (Phi) is 2.60. The van der Waals surface area contributed by atoms with Crippen LogP contribution in [0.4, 0.5) is 13.2 Å². The first-order valence-electron chi connectivity index (χ1n) is 1.36. The zero-order valence-electron chi connectivity index (χ0n) is 3.13. The second-order valence-electron chi connectivity index (χ2n) is 0.869. The lowest BCUT2D eigenvalue weighted by atomic mass is 10.7. The predicted molar refractivity (Wildman–Crippen MR) is 20.9 cm³/mol. The standard InChI is InChI=1S/C2H2BrF3O/c3-7-1-2(4,5)6/h1H2. The zero-order valence-corrected chi connectivity index (χ0v) is 4.71. The summed E-state index contributed by atoms with van der Waals surface area (Å²) >= 11 is 2.17. The Hall–Kier alpha value is 0.230. The van der Waals surface area contributed by atoms with Gasteiger partial charge in [0.25, 0.3) is 0 Å². The van der Waals surface area contributed by atoms with Gasteiger partial charge in [0.1, 0.15) is 0 Å². The van der Waals surface area contributed by atoms with Crippen LogP contribution in [0.15, 0.2) is 0 Å². The summed E-state index contributed by atoms with van der Waals surface area (Å²) in [5.74, 6) is 0. The van der Waals surface area contributed by atoms with Crippen molar-refractivity contribution in [3.63, 3.8) is 0 Å². The van der Waals surface area contributed by atoms with E-state index in [1.807, 2.05) is 0 Å². The maximum absolute atomic E-state index is 10.9. The fraction of sp³-hybridized carbons (Fsp3) is 1.00. The van der Waals surface area contributed by atoms with E-state index >= 15 is 0 Å². The minimum Gasteiger partial charge on any atom is -0.298 e. The van der Waals surface area contributed by atoms with Crippen molar-refractivity contribution in [3.05, 3.63) is 0 Å². The highest BCUT2D eigenvalue weighted by Gasteiger charge is 2.26. The Morgan fingerprint density at radius 3 is 1.86 bits per heavy atom. The Morgan fingerprint density at radius 1 is 1.43 bits per heavy atom. The van der Waals surface area contributed by atoms with Crippen LogP contribution in [0.5, 0.6) is 0 Å². The highest BCUT2D eigenvalue weighted by Crippen LogP contribution is 2.15. The van der Waals surface area contributed by atoms with E-state index in [4.69, 9.17) is 0 Å². The molecule has 0 aliphatic heterocycles. The third-order valence-corrected chi connectivity index (χ3v) is 0.447. The maximum Gasteiger partial charge on any atom is 0.412 e. The number of hydrogen-bond acceptors (Lipinski definition) is 1. The Bertz CT molecular complexity index is 51.4. The van der Waals surface area contributed by atoms with Crippen molar-refractivity contribution in [2.75, 3.05) is 6.61 Å². The summed E-state index contributed by atoms with van der Waals surface area (Å²) in [7, 11) is 0. The van der Waals surface area contributed by atoms with Crippen molar-refractivity contribution in [3.8, 4) is 0 Å². The van der Waals surface area contributed by atoms with Gasteiger partial charge < -0.3 is 0 Å². The molecule has 0 unspecified atom stereocenters. The smallest absolute Gasteiger partial charge is 0.298 e. The van der Waals surface area contributed by atoms with Crippen LogP contribution in [0.25, 0.3) is 0 Å². The summed E-state index contributed by atoms with van der Waals surface area (Å²) in [5, 5.41) is 0. The second-order valence-corrected chi connectivity index (χ2v) is 1.33. The molecule has 0 bridgehead atoms. The van der Waals surface area contributed by atoms with Crippen LogP contribution in [0.3, 0.4) is 0 Å². The summed E-state index contributed by atoms with van der Waals surface area (Å²) in [6.45, 7) is -1.24. The van der Waals surface area contributed by atoms with Crippen LogP contribution in [0.1, 0.15) is 0 Å². The first-order chi connectivity index (χ1) is 3.06. The summed E-state index contributed by atoms with van der Waals surface area (Å²) in [4.78, 5) is 0. The molecule has 0 aromatic carbocycles. The number of hydrogen-bond donors (Lipinski definition) is 0. The molecule has 0 aromatic rings. The summed E-state index contributed by atoms with van der Waals surface area (Å²) in [6, 6.07) is 0. The summed E-state index contributed by atoms with van der Waals surface area (Å²) in [6.07, 6.45) is -4.22. The van der Waals surface area contributed by atoms with Gasteiger partial charge in [-0.25, -0.2) is 0 Å². The molecule has 0 atom stereocenters. The van der Waals surface area contributed by atoms with E-state index in [1.54, 1.807) is 0 Å². The van der Waals surface area contributed by atoms with Gasteiger partial charge in [0, 0.05) is 0 Å². The SMILES string of the molecule is FC(F)(F)COBr. The third kappa shape index (κ3) is 6.23. The third-order valence-electron chi connectivity index (χ3n) is 0.218. The topological polar surface area (TPSA) is 9.23 Å². The zero-order chi connectivity index (χ0) is 5.91. The fourth-order valence-corrected chi connectivity index (χ4v) is 0.321. The molecule has 0 saturated carbocycles. The minimum absolute atomic E-state index is 1.24. The highest BCUT2D eigenvalue weighted by molar-refractivity contribution is 9.06. The van der Waals surface area contributed by atoms with E-state index in [0.29, 0.717) is 0 Å². The highest BCUT2D eigenvalue weighted by atomic mass is 79.9. The van der Waals surface area contributed by atoms with Crippen molar-refractivity contribution in [2.45, 2.75) is 6.18 Å². The molecule has 1 nitrogen and oxygen atoms in total. The Labute approximate surface area is 46.9 Å². The van der Waals surface area contributed by atoms with Gasteiger partial charge in [-0.1, -0.05) is 0 Å². The normalized spacial score (nSPS) is 12.0. The van der Waals surface area contributed by atoms with Gasteiger partial charge in [0.2, 0.25) is 0 Å². The lowest BCUT2D eigenvalue weighted by Crippen LogP contribution is -2.13. The molecule has 0 fully saturated rings. The average molecular weight is 179 g/mol. The molecule has 0 N–H and O–H groups in total. The summed E-state index contributed by atoms with van der Waals surface area (Å²) in [5.41, 5.74) is 0. The molecule has 5 heteroatoms. The number of halogens is 4. The molecule has 0 radical (unpaired) electrons. The van der Waals surface area contributed by atoms with Crippen LogP contribution >= 0.6 is 16.3 Å². The molecule has 7 heavy (non-hydrogen) atoms. The van der Waals surface area contributed by atoms with Crippen molar-refractivity contribution >= 4 is 16.3 Å². The molecule has 0 aliphatic rings. The quantitative estimate of drug-likeness (QED) is 0.596. The van der Waals surface area contributed by atoms with Gasteiger partial charge in [0.15, 0.2) is 6.61 Å². The number of rotatable bonds is 1. The van der Waals surface area contributed by atoms with Gasteiger partial charge in [-0.3, -0.25) is 3.83 Å². The van der Waals surface area contributed by atoms with Gasteiger partial charge in [0.05, 0.1) is 16.3 Å². The summed E-state index contributed by atoms with van der Waals surface area (Å²) < 4.78 is 36.3. The average Bonchev–Trinajstić information content (AvgIpc) is 1.30. The Morgan fingerprint density at radius 2 is 1.86 bits per heavy atom. The fourth-order valence-electron chi connectivity index (χ4n) is 0.0619. The van der Waals surface area contributed by atoms with E-state index in [-0.39, 0.29) is 0 Å². The molecule has 0 spiro atoms. The Balaban J connectivity index is 3.15. The molecular formula is C2H2BrF3O. The molecule has 0 aliphatic carbocycles. The first kappa shape index (κ1) is 7.23. The van der Waals surface area contributed by atoms with E-state index in [9.17, 15) is 13.2 Å². The molecular weight excluding hydrogens is 177 g/mol. The first-order valence-corrected chi connectivity index (χ1v) is 2.01. The van der Waals surface area contributed by atoms with Crippen LogP contribution in [-0.2, 0) is 3.83 Å². The van der Waals surface area contributed by atoms with Crippen LogP contribution in [-0.4, -0.2) is 12.8 Å². The molecule has 0 saturated heterocycles. The lowest BCUT2D eigenvalue weighted by molar-refractivity contribution is -0.149. The van der Waals surface area contributed by atoms with Gasteiger partial charge in [-0.05, 0) is 0 Å². The van der Waals surface area contributed by atoms with Gasteiger partial charge in [-0.15, -0.1) is 0 Å². The molecule has 0 rings (SSSR count). The van der Waals surface area contributed by atoms with Gasteiger partial charge >= 0.3 is 6.18 Å². The van der Waals surface area contributed by atoms with Crippen LogP contribution in [0, 0.1) is 0 Å². The monoisotopic (exact) mass is 178 g/mol. The van der Waals surface area contributed by atoms with Crippen molar-refractivity contribution in [1.29, 1.82) is 0 Å². The van der Waals surface area contributed by atoms with Crippen molar-refractivity contribution < 1.29 is 17.0 Å². The van der Waals surface area contributed by atoms with Crippen LogP contribution < -0.4 is 0 Å².